The molecule has 1 aliphatic heterocycles. The van der Waals surface area contributed by atoms with Crippen molar-refractivity contribution >= 4 is 21.8 Å². The third kappa shape index (κ3) is 3.00. The molecule has 98 valence electrons. The van der Waals surface area contributed by atoms with E-state index in [-0.39, 0.29) is 17.5 Å². The van der Waals surface area contributed by atoms with Gasteiger partial charge in [0.05, 0.1) is 18.2 Å². The summed E-state index contributed by atoms with van der Waals surface area (Å²) in [5, 5.41) is 2.88. The van der Waals surface area contributed by atoms with Crippen LogP contribution in [0.3, 0.4) is 0 Å². The highest BCUT2D eigenvalue weighted by Crippen LogP contribution is 2.14. The Hall–Kier alpha value is -1.14. The Morgan fingerprint density at radius 1 is 1.61 bits per heavy atom. The minimum Gasteiger partial charge on any atom is -0.379 e. The second-order valence-electron chi connectivity index (χ2n) is 4.37. The topological polar surface area (TPSA) is 60.3 Å². The third-order valence-electron chi connectivity index (χ3n) is 2.92. The summed E-state index contributed by atoms with van der Waals surface area (Å²) in [6, 6.07) is 1.37. The zero-order chi connectivity index (χ0) is 13.1. The first kappa shape index (κ1) is 13.3. The summed E-state index contributed by atoms with van der Waals surface area (Å²) in [6.07, 6.45) is 3.45. The van der Waals surface area contributed by atoms with Gasteiger partial charge in [-0.05, 0) is 28.8 Å². The van der Waals surface area contributed by atoms with Crippen molar-refractivity contribution in [1.82, 2.24) is 9.88 Å². The Bertz CT molecular complexity index is 507. The second kappa shape index (κ2) is 5.67. The highest BCUT2D eigenvalue weighted by atomic mass is 79.9. The van der Waals surface area contributed by atoms with Gasteiger partial charge in [-0.3, -0.25) is 9.59 Å². The lowest BCUT2D eigenvalue weighted by atomic mass is 10.1. The zero-order valence-electron chi connectivity index (χ0n) is 10.1. The number of aromatic nitrogens is 1. The standard InChI is InChI=1S/C12H15BrN2O3/c1-15-6-10(13)9(5-11(15)16)12(17)14-8-3-2-4-18-7-8/h5-6,8H,2-4,7H2,1H3,(H,14,17)/t8-/m0/s1. The average Bonchev–Trinajstić information content (AvgIpc) is 2.35. The molecule has 1 saturated heterocycles. The fraction of sp³-hybridized carbons (Fsp3) is 0.500. The van der Waals surface area contributed by atoms with Crippen LogP contribution in [0.25, 0.3) is 0 Å². The average molecular weight is 315 g/mol. The van der Waals surface area contributed by atoms with Crippen LogP contribution in [0.5, 0.6) is 0 Å². The summed E-state index contributed by atoms with van der Waals surface area (Å²) >= 11 is 3.29. The van der Waals surface area contributed by atoms with Crippen molar-refractivity contribution in [2.45, 2.75) is 18.9 Å². The SMILES string of the molecule is Cn1cc(Br)c(C(=O)N[C@H]2CCCOC2)cc1=O. The molecule has 0 saturated carbocycles. The maximum absolute atomic E-state index is 12.1. The molecule has 2 rings (SSSR count). The molecule has 1 fully saturated rings. The molecule has 1 aromatic heterocycles. The molecule has 18 heavy (non-hydrogen) atoms. The fourth-order valence-electron chi connectivity index (χ4n) is 1.89. The summed E-state index contributed by atoms with van der Waals surface area (Å²) < 4.78 is 7.33. The Kier molecular flexibility index (Phi) is 4.19. The van der Waals surface area contributed by atoms with Gasteiger partial charge in [-0.15, -0.1) is 0 Å². The summed E-state index contributed by atoms with van der Waals surface area (Å²) in [5.41, 5.74) is 0.159. The number of nitrogens with zero attached hydrogens (tertiary/aromatic N) is 1. The molecule has 0 aromatic carbocycles. The van der Waals surface area contributed by atoms with Crippen molar-refractivity contribution < 1.29 is 9.53 Å². The van der Waals surface area contributed by atoms with Crippen molar-refractivity contribution in [3.63, 3.8) is 0 Å². The van der Waals surface area contributed by atoms with Crippen molar-refractivity contribution in [2.75, 3.05) is 13.2 Å². The molecule has 1 aromatic rings. The lowest BCUT2D eigenvalue weighted by Crippen LogP contribution is -2.41. The fourth-order valence-corrected chi connectivity index (χ4v) is 2.49. The van der Waals surface area contributed by atoms with Crippen LogP contribution in [0, 0.1) is 0 Å². The van der Waals surface area contributed by atoms with Gasteiger partial charge in [0.1, 0.15) is 0 Å². The number of ether oxygens (including phenoxy) is 1. The molecule has 0 spiro atoms. The van der Waals surface area contributed by atoms with Gasteiger partial charge in [-0.2, -0.15) is 0 Å². The van der Waals surface area contributed by atoms with Gasteiger partial charge in [-0.1, -0.05) is 0 Å². The van der Waals surface area contributed by atoms with Crippen LogP contribution in [0.15, 0.2) is 21.5 Å². The Morgan fingerprint density at radius 3 is 3.06 bits per heavy atom. The molecule has 6 heteroatoms. The van der Waals surface area contributed by atoms with E-state index in [4.69, 9.17) is 4.74 Å². The molecule has 0 bridgehead atoms. The van der Waals surface area contributed by atoms with Gasteiger partial charge in [0.25, 0.3) is 11.5 Å². The van der Waals surface area contributed by atoms with E-state index >= 15 is 0 Å². The number of halogens is 1. The van der Waals surface area contributed by atoms with Gasteiger partial charge in [0.2, 0.25) is 0 Å². The largest absolute Gasteiger partial charge is 0.379 e. The van der Waals surface area contributed by atoms with E-state index < -0.39 is 0 Å². The first-order valence-corrected chi connectivity index (χ1v) is 6.62. The Morgan fingerprint density at radius 2 is 2.39 bits per heavy atom. The molecule has 1 amide bonds. The van der Waals surface area contributed by atoms with Crippen molar-refractivity contribution in [1.29, 1.82) is 0 Å². The van der Waals surface area contributed by atoms with Crippen LogP contribution in [-0.2, 0) is 11.8 Å². The predicted octanol–water partition coefficient (Wildman–Crippen LogP) is 1.06. The van der Waals surface area contributed by atoms with Gasteiger partial charge in [-0.25, -0.2) is 0 Å². The molecule has 0 radical (unpaired) electrons. The van der Waals surface area contributed by atoms with Gasteiger partial charge < -0.3 is 14.6 Å². The van der Waals surface area contributed by atoms with E-state index in [1.807, 2.05) is 0 Å². The number of rotatable bonds is 2. The zero-order valence-corrected chi connectivity index (χ0v) is 11.7. The van der Waals surface area contributed by atoms with Gasteiger partial charge in [0, 0.05) is 30.4 Å². The first-order chi connectivity index (χ1) is 8.58. The maximum atomic E-state index is 12.1. The summed E-state index contributed by atoms with van der Waals surface area (Å²) in [5.74, 6) is -0.241. The minimum absolute atomic E-state index is 0.0298. The monoisotopic (exact) mass is 314 g/mol. The van der Waals surface area contributed by atoms with Gasteiger partial charge in [0.15, 0.2) is 0 Å². The van der Waals surface area contributed by atoms with Crippen LogP contribution in [-0.4, -0.2) is 29.7 Å². The molecule has 1 N–H and O–H groups in total. The van der Waals surface area contributed by atoms with E-state index in [2.05, 4.69) is 21.2 Å². The van der Waals surface area contributed by atoms with Crippen molar-refractivity contribution in [2.24, 2.45) is 7.05 Å². The molecular weight excluding hydrogens is 300 g/mol. The highest BCUT2D eigenvalue weighted by molar-refractivity contribution is 9.10. The van der Waals surface area contributed by atoms with Crippen molar-refractivity contribution in [3.8, 4) is 0 Å². The molecule has 0 unspecified atom stereocenters. The van der Waals surface area contributed by atoms with Crippen LogP contribution >= 0.6 is 15.9 Å². The number of aryl methyl sites for hydroxylation is 1. The van der Waals surface area contributed by atoms with E-state index in [1.165, 1.54) is 10.6 Å². The Labute approximate surface area is 113 Å². The highest BCUT2D eigenvalue weighted by Gasteiger charge is 2.19. The molecular formula is C12H15BrN2O3. The number of carbonyl (C=O) groups is 1. The van der Waals surface area contributed by atoms with Crippen LogP contribution in [0.2, 0.25) is 0 Å². The molecule has 5 nitrogen and oxygen atoms in total. The van der Waals surface area contributed by atoms with E-state index in [1.54, 1.807) is 13.2 Å². The summed E-state index contributed by atoms with van der Waals surface area (Å²) in [7, 11) is 1.64. The Balaban J connectivity index is 2.13. The normalized spacial score (nSPS) is 19.6. The van der Waals surface area contributed by atoms with Crippen LogP contribution in [0.4, 0.5) is 0 Å². The molecule has 1 aliphatic rings. The van der Waals surface area contributed by atoms with E-state index in [9.17, 15) is 9.59 Å². The van der Waals surface area contributed by atoms with Gasteiger partial charge >= 0.3 is 0 Å². The molecule has 0 aliphatic carbocycles. The summed E-state index contributed by atoms with van der Waals surface area (Å²) in [4.78, 5) is 23.6. The lowest BCUT2D eigenvalue weighted by molar-refractivity contribution is 0.0623. The predicted molar refractivity (Wildman–Crippen MR) is 70.7 cm³/mol. The number of hydrogen-bond acceptors (Lipinski definition) is 3. The van der Waals surface area contributed by atoms with Crippen LogP contribution in [0.1, 0.15) is 23.2 Å². The summed E-state index contributed by atoms with van der Waals surface area (Å²) in [6.45, 7) is 1.29. The number of nitrogens with one attached hydrogen (secondary N) is 1. The quantitative estimate of drug-likeness (QED) is 0.888. The lowest BCUT2D eigenvalue weighted by Gasteiger charge is -2.23. The van der Waals surface area contributed by atoms with E-state index in [0.29, 0.717) is 16.6 Å². The minimum atomic E-state index is -0.241. The second-order valence-corrected chi connectivity index (χ2v) is 5.23. The van der Waals surface area contributed by atoms with Crippen molar-refractivity contribution in [3.05, 3.63) is 32.7 Å². The molecule has 1 atom stereocenters. The van der Waals surface area contributed by atoms with Crippen LogP contribution < -0.4 is 10.9 Å². The van der Waals surface area contributed by atoms with E-state index in [0.717, 1.165) is 19.4 Å². The number of amides is 1. The first-order valence-electron chi connectivity index (χ1n) is 5.82. The number of hydrogen-bond donors (Lipinski definition) is 1. The third-order valence-corrected chi connectivity index (χ3v) is 3.55. The number of pyridine rings is 1. The number of carbonyl (C=O) groups excluding carboxylic acids is 1. The smallest absolute Gasteiger partial charge is 0.252 e. The maximum Gasteiger partial charge on any atom is 0.252 e. The molecule has 2 heterocycles.